The average molecular weight is 570 g/mol. The zero-order valence-corrected chi connectivity index (χ0v) is 24.5. The number of nitrogens with zero attached hydrogens (tertiary/aromatic N) is 3. The Morgan fingerprint density at radius 2 is 1.85 bits per heavy atom. The van der Waals surface area contributed by atoms with Crippen molar-refractivity contribution in [2.75, 3.05) is 33.9 Å². The molecule has 0 saturated heterocycles. The molecule has 1 aromatic heterocycles. The molecule has 0 fully saturated rings. The van der Waals surface area contributed by atoms with E-state index in [2.05, 4.69) is 0 Å². The van der Waals surface area contributed by atoms with E-state index in [1.165, 1.54) is 18.4 Å². The topological polar surface area (TPSA) is 82.4 Å². The van der Waals surface area contributed by atoms with Gasteiger partial charge in [0.25, 0.3) is 11.5 Å². The summed E-state index contributed by atoms with van der Waals surface area (Å²) in [6, 6.07) is 10.2. The van der Waals surface area contributed by atoms with Gasteiger partial charge >= 0.3 is 0 Å². The molecule has 0 aliphatic carbocycles. The second-order valence-electron chi connectivity index (χ2n) is 8.77. The van der Waals surface area contributed by atoms with Crippen molar-refractivity contribution in [1.82, 2.24) is 9.47 Å². The van der Waals surface area contributed by atoms with Crippen LogP contribution in [0.3, 0.4) is 0 Å². The third-order valence-electron chi connectivity index (χ3n) is 6.57. The van der Waals surface area contributed by atoms with Gasteiger partial charge in [-0.1, -0.05) is 41.1 Å². The Bertz CT molecular complexity index is 1600. The Hall–Kier alpha value is -3.56. The van der Waals surface area contributed by atoms with Crippen molar-refractivity contribution in [1.29, 1.82) is 0 Å². The van der Waals surface area contributed by atoms with E-state index in [0.29, 0.717) is 73.7 Å². The number of likely N-dealkylation sites (N-methyl/N-ethyl adjacent to an activating group) is 1. The predicted octanol–water partition coefficient (Wildman–Crippen LogP) is 4.17. The van der Waals surface area contributed by atoms with Gasteiger partial charge in [0.1, 0.15) is 11.8 Å². The Balaban J connectivity index is 1.98. The summed E-state index contributed by atoms with van der Waals surface area (Å²) < 4.78 is 18.8. The number of aromatic nitrogens is 1. The molecule has 2 aromatic carbocycles. The maximum Gasteiger partial charge on any atom is 0.271 e. The summed E-state index contributed by atoms with van der Waals surface area (Å²) >= 11 is 7.71. The van der Waals surface area contributed by atoms with Crippen LogP contribution in [0.2, 0.25) is 5.02 Å². The molecule has 206 valence electrons. The van der Waals surface area contributed by atoms with Gasteiger partial charge in [0, 0.05) is 18.7 Å². The van der Waals surface area contributed by atoms with E-state index < -0.39 is 6.04 Å². The lowest BCUT2D eigenvalue weighted by Gasteiger charge is -2.29. The zero-order chi connectivity index (χ0) is 28.3. The lowest BCUT2D eigenvalue weighted by Crippen LogP contribution is -2.43. The fraction of sp³-hybridized carbons (Fsp3) is 0.345. The first-order chi connectivity index (χ1) is 18.8. The summed E-state index contributed by atoms with van der Waals surface area (Å²) in [5.41, 5.74) is 2.15. The number of benzene rings is 2. The van der Waals surface area contributed by atoms with E-state index in [9.17, 15) is 9.59 Å². The summed E-state index contributed by atoms with van der Waals surface area (Å²) in [6.45, 7) is 9.05. The molecule has 39 heavy (non-hydrogen) atoms. The molecule has 10 heteroatoms. The first-order valence-corrected chi connectivity index (χ1v) is 13.9. The van der Waals surface area contributed by atoms with Crippen LogP contribution in [0.15, 0.2) is 57.5 Å². The van der Waals surface area contributed by atoms with Crippen molar-refractivity contribution < 1.29 is 19.0 Å². The van der Waals surface area contributed by atoms with Crippen LogP contribution in [0.25, 0.3) is 6.08 Å². The number of para-hydroxylation sites is 1. The van der Waals surface area contributed by atoms with Crippen LogP contribution in [0.4, 0.5) is 0 Å². The number of hydrogen-bond acceptors (Lipinski definition) is 7. The van der Waals surface area contributed by atoms with E-state index in [4.69, 9.17) is 30.8 Å². The molecule has 1 aliphatic heterocycles. The maximum atomic E-state index is 14.0. The number of methoxy groups -OCH3 is 2. The number of amides is 1. The van der Waals surface area contributed by atoms with Crippen LogP contribution in [-0.2, 0) is 4.79 Å². The van der Waals surface area contributed by atoms with E-state index in [1.807, 2.05) is 52.0 Å². The smallest absolute Gasteiger partial charge is 0.271 e. The largest absolute Gasteiger partial charge is 0.496 e. The summed E-state index contributed by atoms with van der Waals surface area (Å²) in [4.78, 5) is 34.8. The van der Waals surface area contributed by atoms with Crippen LogP contribution in [0.5, 0.6) is 17.2 Å². The van der Waals surface area contributed by atoms with Crippen molar-refractivity contribution in [2.24, 2.45) is 4.99 Å². The number of halogens is 1. The normalized spacial score (nSPS) is 15.1. The number of carbonyl (C=O) groups excluding carboxylic acids is 1. The molecule has 0 bridgehead atoms. The minimum Gasteiger partial charge on any atom is -0.496 e. The number of thiazole rings is 1. The molecule has 0 spiro atoms. The highest BCUT2D eigenvalue weighted by Crippen LogP contribution is 2.37. The molecule has 1 amide bonds. The summed E-state index contributed by atoms with van der Waals surface area (Å²) in [5.74, 6) is 1.35. The molecule has 1 aliphatic rings. The molecule has 8 nitrogen and oxygen atoms in total. The molecule has 0 saturated carbocycles. The van der Waals surface area contributed by atoms with E-state index in [0.717, 1.165) is 0 Å². The summed E-state index contributed by atoms with van der Waals surface area (Å²) in [5, 5.41) is 0.373. The van der Waals surface area contributed by atoms with Crippen molar-refractivity contribution in [3.05, 3.63) is 83.5 Å². The van der Waals surface area contributed by atoms with Crippen molar-refractivity contribution in [3.63, 3.8) is 0 Å². The number of allylic oxidation sites excluding steroid dienone is 1. The molecule has 4 rings (SSSR count). The number of rotatable bonds is 9. The van der Waals surface area contributed by atoms with Crippen LogP contribution in [0, 0.1) is 0 Å². The third-order valence-corrected chi connectivity index (χ3v) is 7.83. The standard InChI is InChI=1S/C29H32ClN3O5S/c1-7-32(8-2)28(35)24-17(4)31-29-33(25(24)19-12-10-11-13-21(19)36-5)27(34)23(39-29)16-18-14-20(30)26(37-6)22(15-18)38-9-3/h10-16,25H,7-9H2,1-6H3/b23-16+/t25-/m1/s1. The van der Waals surface area contributed by atoms with E-state index >= 15 is 0 Å². The van der Waals surface area contributed by atoms with Crippen LogP contribution in [0.1, 0.15) is 44.9 Å². The van der Waals surface area contributed by atoms with Gasteiger partial charge in [0.2, 0.25) is 0 Å². The molecule has 0 unspecified atom stereocenters. The molecule has 2 heterocycles. The fourth-order valence-electron chi connectivity index (χ4n) is 4.75. The lowest BCUT2D eigenvalue weighted by molar-refractivity contribution is -0.127. The third kappa shape index (κ3) is 5.33. The highest BCUT2D eigenvalue weighted by Gasteiger charge is 2.35. The minimum atomic E-state index is -0.703. The zero-order valence-electron chi connectivity index (χ0n) is 22.9. The number of ether oxygens (including phenoxy) is 3. The average Bonchev–Trinajstić information content (AvgIpc) is 3.22. The predicted molar refractivity (Wildman–Crippen MR) is 154 cm³/mol. The molecule has 0 N–H and O–H groups in total. The monoisotopic (exact) mass is 569 g/mol. The van der Waals surface area contributed by atoms with Gasteiger partial charge in [0.15, 0.2) is 16.3 Å². The summed E-state index contributed by atoms with van der Waals surface area (Å²) in [7, 11) is 3.10. The van der Waals surface area contributed by atoms with Gasteiger partial charge in [-0.2, -0.15) is 0 Å². The van der Waals surface area contributed by atoms with Crippen LogP contribution < -0.4 is 29.1 Å². The summed E-state index contributed by atoms with van der Waals surface area (Å²) in [6.07, 6.45) is 1.75. The minimum absolute atomic E-state index is 0.158. The van der Waals surface area contributed by atoms with Crippen molar-refractivity contribution >= 4 is 34.9 Å². The van der Waals surface area contributed by atoms with Crippen molar-refractivity contribution in [2.45, 2.75) is 33.7 Å². The molecular formula is C29H32ClN3O5S. The maximum absolute atomic E-state index is 14.0. The van der Waals surface area contributed by atoms with Crippen molar-refractivity contribution in [3.8, 4) is 17.2 Å². The van der Waals surface area contributed by atoms with E-state index in [1.54, 1.807) is 34.8 Å². The van der Waals surface area contributed by atoms with Gasteiger partial charge in [-0.15, -0.1) is 0 Å². The first kappa shape index (κ1) is 28.4. The van der Waals surface area contributed by atoms with E-state index in [-0.39, 0.29) is 11.5 Å². The van der Waals surface area contributed by atoms with Gasteiger partial charge in [-0.3, -0.25) is 14.2 Å². The SMILES string of the molecule is CCOc1cc(/C=c2/sc3n(c2=O)[C@H](c2ccccc2OC)C(C(=O)N(CC)CC)=C(C)N=3)cc(Cl)c1OC. The molecule has 1 atom stereocenters. The Labute approximate surface area is 236 Å². The Morgan fingerprint density at radius 3 is 2.49 bits per heavy atom. The molecule has 0 radical (unpaired) electrons. The Morgan fingerprint density at radius 1 is 1.13 bits per heavy atom. The molecular weight excluding hydrogens is 538 g/mol. The fourth-order valence-corrected chi connectivity index (χ4v) is 6.09. The van der Waals surface area contributed by atoms with Gasteiger partial charge in [0.05, 0.1) is 41.7 Å². The highest BCUT2D eigenvalue weighted by atomic mass is 35.5. The lowest BCUT2D eigenvalue weighted by atomic mass is 9.94. The number of fused-ring (bicyclic) bond motifs is 1. The molecule has 3 aromatic rings. The first-order valence-electron chi connectivity index (χ1n) is 12.7. The number of carbonyl (C=O) groups is 1. The van der Waals surface area contributed by atoms with Gasteiger partial charge < -0.3 is 19.1 Å². The Kier molecular flexibility index (Phi) is 8.82. The van der Waals surface area contributed by atoms with Gasteiger partial charge in [-0.05, 0) is 57.5 Å². The highest BCUT2D eigenvalue weighted by molar-refractivity contribution is 7.07. The quantitative estimate of drug-likeness (QED) is 0.386. The van der Waals surface area contributed by atoms with Crippen LogP contribution in [-0.4, -0.2) is 49.3 Å². The second kappa shape index (κ2) is 12.1. The second-order valence-corrected chi connectivity index (χ2v) is 10.2. The van der Waals surface area contributed by atoms with Crippen LogP contribution >= 0.6 is 22.9 Å². The number of hydrogen-bond donors (Lipinski definition) is 0. The van der Waals surface area contributed by atoms with Gasteiger partial charge in [-0.25, -0.2) is 4.99 Å².